The predicted molar refractivity (Wildman–Crippen MR) is 134 cm³/mol. The molecule has 5 rings (SSSR count). The first-order valence-electron chi connectivity index (χ1n) is 11.7. The second-order valence-electron chi connectivity index (χ2n) is 9.27. The zero-order valence-electron chi connectivity index (χ0n) is 20.0. The molecule has 33 heavy (non-hydrogen) atoms. The number of nitrogens with zero attached hydrogens (tertiary/aromatic N) is 6. The lowest BCUT2D eigenvalue weighted by atomic mass is 10.1. The second-order valence-corrected chi connectivity index (χ2v) is 10.3. The highest BCUT2D eigenvalue weighted by Gasteiger charge is 2.24. The van der Waals surface area contributed by atoms with Gasteiger partial charge in [-0.1, -0.05) is 12.2 Å². The van der Waals surface area contributed by atoms with Gasteiger partial charge in [-0.05, 0) is 70.7 Å². The molecule has 0 amide bonds. The van der Waals surface area contributed by atoms with E-state index in [1.165, 1.54) is 47.4 Å². The first-order valence-corrected chi connectivity index (χ1v) is 13.2. The molecular formula is C23H34N6O2S2. The van der Waals surface area contributed by atoms with Crippen molar-refractivity contribution in [2.75, 3.05) is 46.9 Å². The Hall–Kier alpha value is -1.88. The Morgan fingerprint density at radius 1 is 0.879 bits per heavy atom. The van der Waals surface area contributed by atoms with Crippen molar-refractivity contribution in [3.8, 4) is 11.8 Å². The van der Waals surface area contributed by atoms with Gasteiger partial charge in [-0.15, -0.1) is 8.75 Å². The maximum absolute atomic E-state index is 5.77. The largest absolute Gasteiger partial charge is 0.475 e. The van der Waals surface area contributed by atoms with Gasteiger partial charge >= 0.3 is 0 Å². The average Bonchev–Trinajstić information content (AvgIpc) is 3.30. The van der Waals surface area contributed by atoms with E-state index >= 15 is 0 Å². The molecule has 10 heteroatoms. The van der Waals surface area contributed by atoms with Gasteiger partial charge in [0.05, 0.1) is 36.2 Å². The van der Waals surface area contributed by atoms with E-state index in [4.69, 9.17) is 9.47 Å². The predicted octanol–water partition coefficient (Wildman–Crippen LogP) is 4.09. The lowest BCUT2D eigenvalue weighted by Crippen LogP contribution is -2.25. The van der Waals surface area contributed by atoms with Gasteiger partial charge < -0.3 is 19.3 Å². The lowest BCUT2D eigenvalue weighted by molar-refractivity contribution is 0.233. The highest BCUT2D eigenvalue weighted by atomic mass is 32.1. The van der Waals surface area contributed by atoms with Crippen LogP contribution in [0.15, 0.2) is 12.2 Å². The number of ether oxygens (including phenoxy) is 2. The van der Waals surface area contributed by atoms with E-state index in [0.29, 0.717) is 5.88 Å². The van der Waals surface area contributed by atoms with E-state index in [1.807, 2.05) is 13.8 Å². The summed E-state index contributed by atoms with van der Waals surface area (Å²) in [6, 6.07) is 0. The normalized spacial score (nSPS) is 19.5. The van der Waals surface area contributed by atoms with Crippen LogP contribution in [-0.2, 0) is 0 Å². The highest BCUT2D eigenvalue weighted by molar-refractivity contribution is 6.99. The summed E-state index contributed by atoms with van der Waals surface area (Å²) in [6.07, 6.45) is 9.42. The summed E-state index contributed by atoms with van der Waals surface area (Å²) in [7, 11) is 4.26. The van der Waals surface area contributed by atoms with Gasteiger partial charge in [-0.3, -0.25) is 0 Å². The molecule has 0 N–H and O–H groups in total. The highest BCUT2D eigenvalue weighted by Crippen LogP contribution is 2.32. The quantitative estimate of drug-likeness (QED) is 0.574. The smallest absolute Gasteiger partial charge is 0.253 e. The third kappa shape index (κ3) is 7.05. The molecule has 0 radical (unpaired) electrons. The molecular weight excluding hydrogens is 456 g/mol. The van der Waals surface area contributed by atoms with E-state index in [1.54, 1.807) is 0 Å². The third-order valence-electron chi connectivity index (χ3n) is 5.71. The van der Waals surface area contributed by atoms with Gasteiger partial charge in [-0.2, -0.15) is 8.75 Å². The first kappa shape index (κ1) is 24.3. The molecule has 0 unspecified atom stereocenters. The van der Waals surface area contributed by atoms with Crippen molar-refractivity contribution < 1.29 is 9.47 Å². The van der Waals surface area contributed by atoms with Crippen molar-refractivity contribution in [3.63, 3.8) is 0 Å². The summed E-state index contributed by atoms with van der Waals surface area (Å²) in [5, 5.41) is 0. The monoisotopic (exact) mass is 490 g/mol. The van der Waals surface area contributed by atoms with Crippen LogP contribution in [0.4, 0.5) is 0 Å². The van der Waals surface area contributed by atoms with Crippen LogP contribution in [0.1, 0.15) is 50.9 Å². The summed E-state index contributed by atoms with van der Waals surface area (Å²) in [6.45, 7) is 8.93. The van der Waals surface area contributed by atoms with Crippen LogP contribution in [0.25, 0.3) is 11.1 Å². The Bertz CT molecular complexity index is 966. The van der Waals surface area contributed by atoms with E-state index in [9.17, 15) is 0 Å². The number of hydrogen-bond acceptors (Lipinski definition) is 10. The molecule has 2 aromatic rings. The Kier molecular flexibility index (Phi) is 8.45. The van der Waals surface area contributed by atoms with Crippen molar-refractivity contribution in [2.24, 2.45) is 5.92 Å². The van der Waals surface area contributed by atoms with Crippen LogP contribution in [0, 0.1) is 5.92 Å². The van der Waals surface area contributed by atoms with E-state index in [-0.39, 0.29) is 6.10 Å². The van der Waals surface area contributed by atoms with Crippen LogP contribution in [0.2, 0.25) is 0 Å². The van der Waals surface area contributed by atoms with Crippen molar-refractivity contribution >= 4 is 34.6 Å². The first-order chi connectivity index (χ1) is 16.0. The number of hydrogen-bond donors (Lipinski definition) is 0. The Labute approximate surface area is 205 Å². The van der Waals surface area contributed by atoms with E-state index in [2.05, 4.69) is 53.5 Å². The molecule has 4 heterocycles. The fourth-order valence-electron chi connectivity index (χ4n) is 3.76. The zero-order chi connectivity index (χ0) is 23.2. The van der Waals surface area contributed by atoms with Gasteiger partial charge in [0.1, 0.15) is 11.4 Å². The standard InChI is InChI=1S/C12H17N3OS.C11H17N3OS/c1-15-6-2-3-10(7-15)11-12(14-17-13-11)16-8-9-4-5-9;1-8(2)15-11-10(12-16-13-11)9-5-4-6-14(3)7-9/h3,9H,2,4-8H2,1H3;5,8H,4,6-7H2,1-3H3. The summed E-state index contributed by atoms with van der Waals surface area (Å²) in [4.78, 5) is 4.59. The lowest BCUT2D eigenvalue weighted by Gasteiger charge is -2.22. The molecule has 8 nitrogen and oxygen atoms in total. The number of rotatable bonds is 7. The molecule has 0 bridgehead atoms. The maximum atomic E-state index is 5.77. The van der Waals surface area contributed by atoms with Crippen molar-refractivity contribution in [3.05, 3.63) is 23.5 Å². The summed E-state index contributed by atoms with van der Waals surface area (Å²) < 4.78 is 28.6. The molecule has 0 aromatic carbocycles. The fourth-order valence-corrected chi connectivity index (χ4v) is 4.81. The molecule has 0 saturated heterocycles. The molecule has 1 fully saturated rings. The van der Waals surface area contributed by atoms with Crippen LogP contribution in [0.5, 0.6) is 11.8 Å². The van der Waals surface area contributed by atoms with Crippen LogP contribution in [-0.4, -0.2) is 80.3 Å². The van der Waals surface area contributed by atoms with Gasteiger partial charge in [0, 0.05) is 26.2 Å². The average molecular weight is 491 g/mol. The van der Waals surface area contributed by atoms with Gasteiger partial charge in [0.25, 0.3) is 11.8 Å². The summed E-state index contributed by atoms with van der Waals surface area (Å²) in [5.74, 6) is 2.18. The topological polar surface area (TPSA) is 76.5 Å². The van der Waals surface area contributed by atoms with Gasteiger partial charge in [-0.25, -0.2) is 0 Å². The Balaban J connectivity index is 0.000000157. The number of aromatic nitrogens is 4. The second kappa shape index (κ2) is 11.5. The van der Waals surface area contributed by atoms with Gasteiger partial charge in [0.15, 0.2) is 0 Å². The van der Waals surface area contributed by atoms with Crippen LogP contribution in [0.3, 0.4) is 0 Å². The SMILES string of the molecule is CC(C)Oc1nsnc1C1=CCCN(C)C1.CN1CCC=C(c2nsnc2OCC2CC2)C1. The minimum atomic E-state index is 0.143. The van der Waals surface area contributed by atoms with Crippen molar-refractivity contribution in [1.29, 1.82) is 0 Å². The summed E-state index contributed by atoms with van der Waals surface area (Å²) in [5.41, 5.74) is 4.38. The fraction of sp³-hybridized carbons (Fsp3) is 0.652. The molecule has 180 valence electrons. The minimum absolute atomic E-state index is 0.143. The third-order valence-corrected chi connectivity index (χ3v) is 6.73. The van der Waals surface area contributed by atoms with Crippen LogP contribution < -0.4 is 9.47 Å². The van der Waals surface area contributed by atoms with Crippen molar-refractivity contribution in [1.82, 2.24) is 27.3 Å². The molecule has 3 aliphatic rings. The molecule has 1 saturated carbocycles. The molecule has 2 aromatic heterocycles. The molecule has 1 aliphatic carbocycles. The Morgan fingerprint density at radius 3 is 1.94 bits per heavy atom. The van der Waals surface area contributed by atoms with Gasteiger partial charge in [0.2, 0.25) is 0 Å². The molecule has 0 spiro atoms. The molecule has 0 atom stereocenters. The van der Waals surface area contributed by atoms with E-state index < -0.39 is 0 Å². The van der Waals surface area contributed by atoms with E-state index in [0.717, 1.165) is 68.8 Å². The maximum Gasteiger partial charge on any atom is 0.253 e. The number of likely N-dealkylation sites (N-methyl/N-ethyl adjacent to an activating group) is 2. The van der Waals surface area contributed by atoms with Crippen LogP contribution >= 0.6 is 23.5 Å². The summed E-state index contributed by atoms with van der Waals surface area (Å²) >= 11 is 2.47. The Morgan fingerprint density at radius 2 is 1.42 bits per heavy atom. The molecule has 2 aliphatic heterocycles. The van der Waals surface area contributed by atoms with Crippen molar-refractivity contribution in [2.45, 2.75) is 45.6 Å². The minimum Gasteiger partial charge on any atom is -0.475 e. The zero-order valence-corrected chi connectivity index (χ0v) is 21.6.